The highest BCUT2D eigenvalue weighted by Crippen LogP contribution is 2.37. The first kappa shape index (κ1) is 21.7. The Balaban J connectivity index is 2.05. The molecule has 3 rings (SSSR count). The minimum atomic E-state index is 1.03. The summed E-state index contributed by atoms with van der Waals surface area (Å²) in [6.07, 6.45) is 12.4. The first-order chi connectivity index (χ1) is 14.6. The van der Waals surface area contributed by atoms with E-state index in [0.29, 0.717) is 0 Å². The number of thioether (sulfide) groups is 1. The van der Waals surface area contributed by atoms with Gasteiger partial charge in [-0.15, -0.1) is 11.8 Å². The Hall–Kier alpha value is -3.03. The lowest BCUT2D eigenvalue weighted by atomic mass is 9.93. The highest BCUT2D eigenvalue weighted by Gasteiger charge is 2.12. The molecule has 3 aromatic rings. The molecule has 0 amide bonds. The third-order valence-corrected chi connectivity index (χ3v) is 5.90. The van der Waals surface area contributed by atoms with Crippen LogP contribution in [0.25, 0.3) is 40.0 Å². The van der Waals surface area contributed by atoms with E-state index >= 15 is 0 Å². The summed E-state index contributed by atoms with van der Waals surface area (Å²) in [6.45, 7) is 12.3. The largest absolute Gasteiger partial charge is 0.129 e. The van der Waals surface area contributed by atoms with Crippen molar-refractivity contribution in [2.75, 3.05) is 6.26 Å². The van der Waals surface area contributed by atoms with E-state index < -0.39 is 0 Å². The van der Waals surface area contributed by atoms with Gasteiger partial charge in [0.15, 0.2) is 0 Å². The zero-order valence-corrected chi connectivity index (χ0v) is 18.8. The van der Waals surface area contributed by atoms with Crippen LogP contribution in [-0.4, -0.2) is 6.26 Å². The summed E-state index contributed by atoms with van der Waals surface area (Å²) in [7, 11) is 0. The molecule has 0 N–H and O–H groups in total. The Labute approximate surface area is 185 Å². The highest BCUT2D eigenvalue weighted by molar-refractivity contribution is 7.98. The third-order valence-electron chi connectivity index (χ3n) is 5.12. The molecule has 0 aromatic heterocycles. The maximum Gasteiger partial charge on any atom is 0.0154 e. The summed E-state index contributed by atoms with van der Waals surface area (Å²) in [6, 6.07) is 21.7. The number of hydrogen-bond acceptors (Lipinski definition) is 1. The fourth-order valence-corrected chi connectivity index (χ4v) is 4.29. The summed E-state index contributed by atoms with van der Waals surface area (Å²) >= 11 is 1.77. The summed E-state index contributed by atoms with van der Waals surface area (Å²) in [5.74, 6) is 0. The zero-order valence-electron chi connectivity index (χ0n) is 18.0. The summed E-state index contributed by atoms with van der Waals surface area (Å²) in [5, 5.41) is 0. The van der Waals surface area contributed by atoms with Crippen LogP contribution in [0.3, 0.4) is 0 Å². The van der Waals surface area contributed by atoms with E-state index in [1.807, 2.05) is 32.1 Å². The van der Waals surface area contributed by atoms with E-state index in [1.54, 1.807) is 11.8 Å². The lowest BCUT2D eigenvalue weighted by Crippen LogP contribution is -1.91. The lowest BCUT2D eigenvalue weighted by Gasteiger charge is -2.15. The van der Waals surface area contributed by atoms with Crippen molar-refractivity contribution >= 4 is 29.5 Å². The Kier molecular flexibility index (Phi) is 7.32. The minimum absolute atomic E-state index is 1.03. The van der Waals surface area contributed by atoms with E-state index in [1.165, 1.54) is 38.3 Å². The van der Waals surface area contributed by atoms with Gasteiger partial charge in [-0.25, -0.2) is 0 Å². The van der Waals surface area contributed by atoms with Gasteiger partial charge in [-0.05, 0) is 71.2 Å². The number of allylic oxidation sites excluding steroid dienone is 4. The fraction of sp³-hybridized carbons (Fsp3) is 0.103. The van der Waals surface area contributed by atoms with Gasteiger partial charge < -0.3 is 0 Å². The van der Waals surface area contributed by atoms with Gasteiger partial charge in [0.25, 0.3) is 0 Å². The molecule has 0 aliphatic carbocycles. The Bertz CT molecular complexity index is 1110. The van der Waals surface area contributed by atoms with Gasteiger partial charge in [0.05, 0.1) is 0 Å². The Morgan fingerprint density at radius 3 is 2.23 bits per heavy atom. The van der Waals surface area contributed by atoms with Gasteiger partial charge in [0, 0.05) is 10.5 Å². The van der Waals surface area contributed by atoms with Crippen LogP contribution in [0, 0.1) is 0 Å². The molecule has 0 unspecified atom stereocenters. The molecule has 0 spiro atoms. The van der Waals surface area contributed by atoms with Crippen molar-refractivity contribution < 1.29 is 0 Å². The standard InChI is InChI=1S/C29H28S/c1-6-10-21(4)25-12-9-13-26(20-25)22-14-16-24(17-15-22)29-27(8-3)23(11-7-2)18-19-28(29)30-5/h6-20H,3-4H2,1-2,5H3/b10-6-,11-7-. The van der Waals surface area contributed by atoms with Crippen LogP contribution in [0.1, 0.15) is 30.5 Å². The average Bonchev–Trinajstić information content (AvgIpc) is 2.79. The third kappa shape index (κ3) is 4.58. The quantitative estimate of drug-likeness (QED) is 0.277. The second-order valence-corrected chi connectivity index (χ2v) is 7.88. The number of benzene rings is 3. The highest BCUT2D eigenvalue weighted by atomic mass is 32.2. The van der Waals surface area contributed by atoms with Gasteiger partial charge in [0.2, 0.25) is 0 Å². The van der Waals surface area contributed by atoms with Crippen LogP contribution in [0.15, 0.2) is 96.9 Å². The SMILES string of the molecule is C=Cc1c(/C=C\C)ccc(SC)c1-c1ccc(-c2cccc(C(=C)/C=C\C)c2)cc1. The number of hydrogen-bond donors (Lipinski definition) is 0. The van der Waals surface area contributed by atoms with Crippen LogP contribution >= 0.6 is 11.8 Å². The van der Waals surface area contributed by atoms with Crippen molar-refractivity contribution in [3.05, 3.63) is 109 Å². The van der Waals surface area contributed by atoms with Gasteiger partial charge in [-0.3, -0.25) is 0 Å². The topological polar surface area (TPSA) is 0 Å². The zero-order chi connectivity index (χ0) is 21.5. The Morgan fingerprint density at radius 1 is 0.867 bits per heavy atom. The second kappa shape index (κ2) is 10.1. The summed E-state index contributed by atoms with van der Waals surface area (Å²) in [5.41, 5.74) is 9.39. The van der Waals surface area contributed by atoms with Crippen LogP contribution in [0.4, 0.5) is 0 Å². The van der Waals surface area contributed by atoms with Crippen LogP contribution in [0.5, 0.6) is 0 Å². The van der Waals surface area contributed by atoms with Gasteiger partial charge in [-0.2, -0.15) is 0 Å². The van der Waals surface area contributed by atoms with Crippen LogP contribution < -0.4 is 0 Å². The molecular formula is C29H28S. The predicted octanol–water partition coefficient (Wildman–Crippen LogP) is 9.01. The molecule has 150 valence electrons. The van der Waals surface area contributed by atoms with Crippen LogP contribution in [-0.2, 0) is 0 Å². The van der Waals surface area contributed by atoms with Crippen molar-refractivity contribution in [1.82, 2.24) is 0 Å². The molecule has 30 heavy (non-hydrogen) atoms. The molecule has 3 aromatic carbocycles. The second-order valence-electron chi connectivity index (χ2n) is 7.03. The average molecular weight is 409 g/mol. The first-order valence-electron chi connectivity index (χ1n) is 10.1. The van der Waals surface area contributed by atoms with E-state index in [0.717, 1.165) is 11.1 Å². The van der Waals surface area contributed by atoms with E-state index in [9.17, 15) is 0 Å². The molecule has 0 nitrogen and oxygen atoms in total. The molecule has 0 heterocycles. The molecule has 0 saturated heterocycles. The van der Waals surface area contributed by atoms with E-state index in [-0.39, 0.29) is 0 Å². The van der Waals surface area contributed by atoms with Crippen molar-refractivity contribution in [1.29, 1.82) is 0 Å². The van der Waals surface area contributed by atoms with Gasteiger partial charge >= 0.3 is 0 Å². The van der Waals surface area contributed by atoms with Gasteiger partial charge in [-0.1, -0.05) is 92.1 Å². The fourth-order valence-electron chi connectivity index (χ4n) is 3.65. The molecule has 0 aliphatic heterocycles. The lowest BCUT2D eigenvalue weighted by molar-refractivity contribution is 1.41. The number of rotatable bonds is 7. The predicted molar refractivity (Wildman–Crippen MR) is 138 cm³/mol. The molecule has 0 fully saturated rings. The van der Waals surface area contributed by atoms with E-state index in [4.69, 9.17) is 0 Å². The molecular weight excluding hydrogens is 380 g/mol. The maximum atomic E-state index is 4.16. The van der Waals surface area contributed by atoms with Crippen molar-refractivity contribution in [2.45, 2.75) is 18.7 Å². The monoisotopic (exact) mass is 408 g/mol. The smallest absolute Gasteiger partial charge is 0.0154 e. The molecule has 0 radical (unpaired) electrons. The first-order valence-corrected chi connectivity index (χ1v) is 11.3. The Morgan fingerprint density at radius 2 is 1.60 bits per heavy atom. The molecule has 0 bridgehead atoms. The maximum absolute atomic E-state index is 4.16. The van der Waals surface area contributed by atoms with Gasteiger partial charge in [0.1, 0.15) is 0 Å². The molecule has 1 heteroatoms. The summed E-state index contributed by atoms with van der Waals surface area (Å²) in [4.78, 5) is 1.26. The molecule has 0 saturated carbocycles. The molecule has 0 aliphatic rings. The van der Waals surface area contributed by atoms with Crippen molar-refractivity contribution in [3.8, 4) is 22.3 Å². The normalized spacial score (nSPS) is 11.3. The summed E-state index contributed by atoms with van der Waals surface area (Å²) < 4.78 is 0. The molecule has 0 atom stereocenters. The van der Waals surface area contributed by atoms with Crippen LogP contribution in [0.2, 0.25) is 0 Å². The van der Waals surface area contributed by atoms with Crippen molar-refractivity contribution in [3.63, 3.8) is 0 Å². The minimum Gasteiger partial charge on any atom is -0.129 e. The van der Waals surface area contributed by atoms with E-state index in [2.05, 4.69) is 92.2 Å². The van der Waals surface area contributed by atoms with Crippen molar-refractivity contribution in [2.24, 2.45) is 0 Å².